The van der Waals surface area contributed by atoms with Gasteiger partial charge in [0.25, 0.3) is 5.72 Å². The molecule has 1 heterocycles. The van der Waals surface area contributed by atoms with Crippen molar-refractivity contribution in [2.45, 2.75) is 5.72 Å². The molecule has 2 unspecified atom stereocenters. The van der Waals surface area contributed by atoms with Gasteiger partial charge in [-0.15, -0.1) is 10.2 Å². The summed E-state index contributed by atoms with van der Waals surface area (Å²) in [6, 6.07) is 8.77. The zero-order valence-corrected chi connectivity index (χ0v) is 8.29. The smallest absolute Gasteiger partial charge is 0.284 e. The Morgan fingerprint density at radius 2 is 2.07 bits per heavy atom. The summed E-state index contributed by atoms with van der Waals surface area (Å²) in [5.74, 6) is 0. The molecular weight excluding hydrogens is 218 g/mol. The van der Waals surface area contributed by atoms with Crippen LogP contribution in [0.25, 0.3) is 0 Å². The Kier molecular flexibility index (Phi) is 2.67. The molecule has 1 aromatic rings. The molecule has 0 aromatic heterocycles. The van der Waals surface area contributed by atoms with Crippen LogP contribution in [0.5, 0.6) is 0 Å². The second-order valence-electron chi connectivity index (χ2n) is 2.80. The maximum Gasteiger partial charge on any atom is 0.305 e. The largest absolute Gasteiger partial charge is 0.305 e. The molecule has 78 valence electrons. The van der Waals surface area contributed by atoms with Crippen LogP contribution >= 0.6 is 0 Å². The molecule has 0 radical (unpaired) electrons. The van der Waals surface area contributed by atoms with Gasteiger partial charge < -0.3 is 0 Å². The summed E-state index contributed by atoms with van der Waals surface area (Å²) >= 11 is -2.44. The van der Waals surface area contributed by atoms with E-state index >= 15 is 0 Å². The molecule has 15 heavy (non-hydrogen) atoms. The fraction of sp³-hybridized carbons (Fsp3) is 0.125. The minimum Gasteiger partial charge on any atom is -0.284 e. The SMILES string of the molecule is O=S(O)OC1(c2ccccc2)C=NN=N1. The number of hydrogen-bond donors (Lipinski definition) is 1. The highest BCUT2D eigenvalue weighted by molar-refractivity contribution is 7.74. The maximum atomic E-state index is 10.7. The van der Waals surface area contributed by atoms with E-state index < -0.39 is 17.1 Å². The van der Waals surface area contributed by atoms with Gasteiger partial charge in [-0.05, 0) is 5.22 Å². The maximum absolute atomic E-state index is 10.7. The van der Waals surface area contributed by atoms with Crippen molar-refractivity contribution in [2.24, 2.45) is 15.4 Å². The van der Waals surface area contributed by atoms with Crippen molar-refractivity contribution in [3.8, 4) is 0 Å². The zero-order valence-electron chi connectivity index (χ0n) is 7.48. The Labute approximate surface area is 88.2 Å². The van der Waals surface area contributed by atoms with Gasteiger partial charge in [-0.1, -0.05) is 30.3 Å². The van der Waals surface area contributed by atoms with Crippen molar-refractivity contribution in [1.29, 1.82) is 0 Å². The lowest BCUT2D eigenvalue weighted by Crippen LogP contribution is -2.28. The van der Waals surface area contributed by atoms with E-state index in [2.05, 4.69) is 15.4 Å². The van der Waals surface area contributed by atoms with E-state index in [0.717, 1.165) is 0 Å². The van der Waals surface area contributed by atoms with Gasteiger partial charge in [-0.2, -0.15) is 4.21 Å². The standard InChI is InChI=1S/C8H7N3O3S/c12-15(13)14-8(6-9-11-10-8)7-4-2-1-3-5-7/h1-6H,(H,12,13). The van der Waals surface area contributed by atoms with E-state index in [1.807, 2.05) is 6.07 Å². The van der Waals surface area contributed by atoms with Crippen molar-refractivity contribution >= 4 is 17.6 Å². The van der Waals surface area contributed by atoms with Gasteiger partial charge >= 0.3 is 11.4 Å². The molecule has 7 heteroatoms. The van der Waals surface area contributed by atoms with Crippen molar-refractivity contribution < 1.29 is 12.9 Å². The highest BCUT2D eigenvalue weighted by atomic mass is 32.2. The van der Waals surface area contributed by atoms with Crippen LogP contribution in [0.15, 0.2) is 45.8 Å². The lowest BCUT2D eigenvalue weighted by Gasteiger charge is -2.18. The average molecular weight is 225 g/mol. The molecule has 2 atom stereocenters. The molecule has 6 nitrogen and oxygen atoms in total. The van der Waals surface area contributed by atoms with Crippen LogP contribution in [-0.2, 0) is 21.3 Å². The third-order valence-electron chi connectivity index (χ3n) is 1.86. The predicted octanol–water partition coefficient (Wildman–Crippen LogP) is 1.44. The minimum atomic E-state index is -2.44. The molecule has 1 aliphatic rings. The molecule has 1 N–H and O–H groups in total. The van der Waals surface area contributed by atoms with Crippen LogP contribution in [0.3, 0.4) is 0 Å². The van der Waals surface area contributed by atoms with E-state index in [4.69, 9.17) is 8.74 Å². The molecule has 0 amide bonds. The molecule has 0 fully saturated rings. The van der Waals surface area contributed by atoms with Gasteiger partial charge in [0.1, 0.15) is 0 Å². The quantitative estimate of drug-likeness (QED) is 0.790. The van der Waals surface area contributed by atoms with Gasteiger partial charge in [0.2, 0.25) is 0 Å². The summed E-state index contributed by atoms with van der Waals surface area (Å²) in [6.07, 6.45) is 1.27. The van der Waals surface area contributed by atoms with Crippen LogP contribution in [0.4, 0.5) is 0 Å². The van der Waals surface area contributed by atoms with E-state index in [9.17, 15) is 4.21 Å². The third kappa shape index (κ3) is 1.99. The highest BCUT2D eigenvalue weighted by Gasteiger charge is 2.37. The van der Waals surface area contributed by atoms with Gasteiger partial charge in [0, 0.05) is 5.56 Å². The molecule has 0 saturated heterocycles. The molecule has 0 aliphatic carbocycles. The topological polar surface area (TPSA) is 83.6 Å². The molecule has 2 rings (SSSR count). The fourth-order valence-electron chi connectivity index (χ4n) is 1.23. The Bertz CT molecular complexity index is 420. The molecule has 0 bridgehead atoms. The van der Waals surface area contributed by atoms with Crippen LogP contribution < -0.4 is 0 Å². The first-order chi connectivity index (χ1) is 7.23. The lowest BCUT2D eigenvalue weighted by atomic mass is 10.1. The van der Waals surface area contributed by atoms with E-state index in [1.165, 1.54) is 6.21 Å². The molecule has 0 spiro atoms. The second kappa shape index (κ2) is 3.97. The van der Waals surface area contributed by atoms with Gasteiger partial charge in [-0.25, -0.2) is 4.18 Å². The van der Waals surface area contributed by atoms with Gasteiger partial charge in [0.15, 0.2) is 0 Å². The second-order valence-corrected chi connectivity index (χ2v) is 3.40. The molecule has 0 saturated carbocycles. The van der Waals surface area contributed by atoms with E-state index in [1.54, 1.807) is 24.3 Å². The van der Waals surface area contributed by atoms with Crippen LogP contribution in [0.1, 0.15) is 5.56 Å². The Morgan fingerprint density at radius 3 is 2.60 bits per heavy atom. The zero-order chi connectivity index (χ0) is 10.7. The van der Waals surface area contributed by atoms with Crippen molar-refractivity contribution in [1.82, 2.24) is 0 Å². The highest BCUT2D eigenvalue weighted by Crippen LogP contribution is 2.29. The number of benzene rings is 1. The third-order valence-corrected chi connectivity index (χ3v) is 2.26. The molecule has 1 aromatic carbocycles. The van der Waals surface area contributed by atoms with Crippen LogP contribution in [0, 0.1) is 0 Å². The summed E-state index contributed by atoms with van der Waals surface area (Å²) in [7, 11) is 0. The Balaban J connectivity index is 2.40. The Morgan fingerprint density at radius 1 is 1.33 bits per heavy atom. The average Bonchev–Trinajstić information content (AvgIpc) is 2.68. The van der Waals surface area contributed by atoms with E-state index in [0.29, 0.717) is 5.56 Å². The minimum absolute atomic E-state index is 0.595. The normalized spacial score (nSPS) is 25.7. The summed E-state index contributed by atoms with van der Waals surface area (Å²) < 4.78 is 24.2. The fourth-order valence-corrected chi connectivity index (χ4v) is 1.62. The number of hydrogen-bond acceptors (Lipinski definition) is 5. The molecular formula is C8H7N3O3S. The van der Waals surface area contributed by atoms with Crippen LogP contribution in [0.2, 0.25) is 0 Å². The van der Waals surface area contributed by atoms with E-state index in [-0.39, 0.29) is 0 Å². The van der Waals surface area contributed by atoms with Gasteiger partial charge in [-0.3, -0.25) is 4.55 Å². The lowest BCUT2D eigenvalue weighted by molar-refractivity contribution is 0.158. The first-order valence-corrected chi connectivity index (χ1v) is 5.08. The van der Waals surface area contributed by atoms with Crippen molar-refractivity contribution in [2.75, 3.05) is 0 Å². The summed E-state index contributed by atoms with van der Waals surface area (Å²) in [5.41, 5.74) is -0.779. The van der Waals surface area contributed by atoms with Crippen LogP contribution in [-0.4, -0.2) is 15.0 Å². The van der Waals surface area contributed by atoms with Crippen molar-refractivity contribution in [3.63, 3.8) is 0 Å². The summed E-state index contributed by atoms with van der Waals surface area (Å²) in [6.45, 7) is 0. The monoisotopic (exact) mass is 225 g/mol. The predicted molar refractivity (Wildman–Crippen MR) is 53.3 cm³/mol. The first kappa shape index (κ1) is 10.1. The summed E-state index contributed by atoms with van der Waals surface area (Å²) in [4.78, 5) is 0. The number of rotatable bonds is 3. The molecule has 1 aliphatic heterocycles. The summed E-state index contributed by atoms with van der Waals surface area (Å²) in [5, 5.41) is 10.6. The number of nitrogens with zero attached hydrogens (tertiary/aromatic N) is 3. The first-order valence-electron chi connectivity index (χ1n) is 4.05. The van der Waals surface area contributed by atoms with Gasteiger partial charge in [0.05, 0.1) is 6.21 Å². The van der Waals surface area contributed by atoms with Crippen molar-refractivity contribution in [3.05, 3.63) is 35.9 Å². The Hall–Kier alpha value is -1.44.